The van der Waals surface area contributed by atoms with E-state index in [9.17, 15) is 0 Å². The van der Waals surface area contributed by atoms with Crippen LogP contribution in [-0.2, 0) is 0 Å². The highest BCUT2D eigenvalue weighted by Gasteiger charge is 2.16. The SMILES string of the molecule is CCC(CC(C)C)NC(C)(C)C. The van der Waals surface area contributed by atoms with E-state index in [2.05, 4.69) is 46.9 Å². The molecule has 0 rings (SSSR count). The van der Waals surface area contributed by atoms with Crippen LogP contribution in [0.1, 0.15) is 54.4 Å². The van der Waals surface area contributed by atoms with Crippen LogP contribution in [0.15, 0.2) is 0 Å². The molecule has 0 aliphatic carbocycles. The zero-order valence-corrected chi connectivity index (χ0v) is 9.57. The van der Waals surface area contributed by atoms with Gasteiger partial charge in [0, 0.05) is 11.6 Å². The molecule has 1 nitrogen and oxygen atoms in total. The molecule has 0 aromatic heterocycles. The largest absolute Gasteiger partial charge is 0.309 e. The zero-order chi connectivity index (χ0) is 9.78. The molecule has 1 heteroatoms. The predicted molar refractivity (Wildman–Crippen MR) is 56.4 cm³/mol. The third kappa shape index (κ3) is 6.66. The first-order chi connectivity index (χ1) is 5.35. The van der Waals surface area contributed by atoms with Crippen LogP contribution in [0.5, 0.6) is 0 Å². The van der Waals surface area contributed by atoms with E-state index >= 15 is 0 Å². The van der Waals surface area contributed by atoms with Crippen LogP contribution in [0.25, 0.3) is 0 Å². The van der Waals surface area contributed by atoms with Gasteiger partial charge in [-0.25, -0.2) is 0 Å². The van der Waals surface area contributed by atoms with Crippen LogP contribution in [-0.4, -0.2) is 11.6 Å². The minimum Gasteiger partial charge on any atom is -0.309 e. The average Bonchev–Trinajstić information content (AvgIpc) is 1.82. The molecule has 0 fully saturated rings. The normalized spacial score (nSPS) is 15.2. The lowest BCUT2D eigenvalue weighted by atomic mass is 9.98. The van der Waals surface area contributed by atoms with Gasteiger partial charge in [-0.3, -0.25) is 0 Å². The van der Waals surface area contributed by atoms with E-state index in [-0.39, 0.29) is 5.54 Å². The van der Waals surface area contributed by atoms with Gasteiger partial charge in [-0.2, -0.15) is 0 Å². The lowest BCUT2D eigenvalue weighted by Gasteiger charge is -2.29. The smallest absolute Gasteiger partial charge is 0.00990 e. The molecule has 0 bridgehead atoms. The quantitative estimate of drug-likeness (QED) is 0.685. The molecule has 0 aromatic carbocycles. The first kappa shape index (κ1) is 12.0. The van der Waals surface area contributed by atoms with E-state index in [4.69, 9.17) is 0 Å². The third-order valence-electron chi connectivity index (χ3n) is 1.89. The Labute approximate surface area is 77.9 Å². The first-order valence-electron chi connectivity index (χ1n) is 5.13. The molecule has 1 unspecified atom stereocenters. The van der Waals surface area contributed by atoms with Crippen LogP contribution >= 0.6 is 0 Å². The van der Waals surface area contributed by atoms with Crippen molar-refractivity contribution < 1.29 is 0 Å². The molecule has 12 heavy (non-hydrogen) atoms. The van der Waals surface area contributed by atoms with Gasteiger partial charge in [0.05, 0.1) is 0 Å². The summed E-state index contributed by atoms with van der Waals surface area (Å²) in [7, 11) is 0. The molecule has 0 spiro atoms. The molecule has 0 amide bonds. The Morgan fingerprint density at radius 3 is 1.92 bits per heavy atom. The van der Waals surface area contributed by atoms with Crippen molar-refractivity contribution in [2.75, 3.05) is 0 Å². The van der Waals surface area contributed by atoms with Crippen molar-refractivity contribution in [1.29, 1.82) is 0 Å². The Morgan fingerprint density at radius 2 is 1.67 bits per heavy atom. The van der Waals surface area contributed by atoms with Gasteiger partial charge in [0.25, 0.3) is 0 Å². The van der Waals surface area contributed by atoms with Crippen LogP contribution in [0.2, 0.25) is 0 Å². The summed E-state index contributed by atoms with van der Waals surface area (Å²) in [5.41, 5.74) is 0.259. The second kappa shape index (κ2) is 4.86. The highest BCUT2D eigenvalue weighted by atomic mass is 15.0. The summed E-state index contributed by atoms with van der Waals surface area (Å²) in [6, 6.07) is 0.685. The van der Waals surface area contributed by atoms with E-state index in [1.54, 1.807) is 0 Å². The van der Waals surface area contributed by atoms with Crippen molar-refractivity contribution in [3.63, 3.8) is 0 Å². The van der Waals surface area contributed by atoms with Gasteiger partial charge in [0.1, 0.15) is 0 Å². The summed E-state index contributed by atoms with van der Waals surface area (Å²) in [5.74, 6) is 0.796. The minimum absolute atomic E-state index is 0.259. The number of nitrogens with one attached hydrogen (secondary N) is 1. The molecular formula is C11H25N. The van der Waals surface area contributed by atoms with Crippen LogP contribution < -0.4 is 5.32 Å². The fourth-order valence-electron chi connectivity index (χ4n) is 1.51. The van der Waals surface area contributed by atoms with E-state index in [1.165, 1.54) is 12.8 Å². The summed E-state index contributed by atoms with van der Waals surface area (Å²) < 4.78 is 0. The van der Waals surface area contributed by atoms with Gasteiger partial charge < -0.3 is 5.32 Å². The zero-order valence-electron chi connectivity index (χ0n) is 9.57. The molecule has 0 aliphatic heterocycles. The van der Waals surface area contributed by atoms with Gasteiger partial charge in [-0.1, -0.05) is 20.8 Å². The second-order valence-corrected chi connectivity index (χ2v) is 5.13. The van der Waals surface area contributed by atoms with E-state index in [0.717, 1.165) is 5.92 Å². The van der Waals surface area contributed by atoms with Crippen LogP contribution in [0, 0.1) is 5.92 Å². The maximum Gasteiger partial charge on any atom is 0.00990 e. The summed E-state index contributed by atoms with van der Waals surface area (Å²) in [5, 5.41) is 3.64. The minimum atomic E-state index is 0.259. The first-order valence-corrected chi connectivity index (χ1v) is 5.13. The topological polar surface area (TPSA) is 12.0 Å². The summed E-state index contributed by atoms with van der Waals surface area (Å²) in [6.45, 7) is 13.5. The number of rotatable bonds is 4. The predicted octanol–water partition coefficient (Wildman–Crippen LogP) is 3.20. The van der Waals surface area contributed by atoms with Gasteiger partial charge in [0.15, 0.2) is 0 Å². The summed E-state index contributed by atoms with van der Waals surface area (Å²) in [4.78, 5) is 0. The van der Waals surface area contributed by atoms with E-state index < -0.39 is 0 Å². The summed E-state index contributed by atoms with van der Waals surface area (Å²) in [6.07, 6.45) is 2.52. The van der Waals surface area contributed by atoms with Crippen molar-refractivity contribution in [2.24, 2.45) is 5.92 Å². The maximum atomic E-state index is 3.64. The van der Waals surface area contributed by atoms with Gasteiger partial charge in [0.2, 0.25) is 0 Å². The average molecular weight is 171 g/mol. The number of hydrogen-bond acceptors (Lipinski definition) is 1. The fraction of sp³-hybridized carbons (Fsp3) is 1.00. The molecule has 1 N–H and O–H groups in total. The molecule has 0 saturated heterocycles. The Bertz CT molecular complexity index is 111. The molecule has 1 atom stereocenters. The Morgan fingerprint density at radius 1 is 1.17 bits per heavy atom. The molecule has 0 aliphatic rings. The van der Waals surface area contributed by atoms with Crippen LogP contribution in [0.3, 0.4) is 0 Å². The van der Waals surface area contributed by atoms with Gasteiger partial charge in [-0.15, -0.1) is 0 Å². The third-order valence-corrected chi connectivity index (χ3v) is 1.89. The molecule has 0 heterocycles. The summed E-state index contributed by atoms with van der Waals surface area (Å²) >= 11 is 0. The Hall–Kier alpha value is -0.0400. The van der Waals surface area contributed by atoms with Gasteiger partial charge >= 0.3 is 0 Å². The lowest BCUT2D eigenvalue weighted by Crippen LogP contribution is -2.43. The molecule has 0 aromatic rings. The molecular weight excluding hydrogens is 146 g/mol. The van der Waals surface area contributed by atoms with Crippen LogP contribution in [0.4, 0.5) is 0 Å². The fourth-order valence-corrected chi connectivity index (χ4v) is 1.51. The van der Waals surface area contributed by atoms with Crippen molar-refractivity contribution in [2.45, 2.75) is 66.0 Å². The Kier molecular flexibility index (Phi) is 4.84. The van der Waals surface area contributed by atoms with Crippen molar-refractivity contribution in [3.05, 3.63) is 0 Å². The van der Waals surface area contributed by atoms with Crippen molar-refractivity contribution in [3.8, 4) is 0 Å². The van der Waals surface area contributed by atoms with E-state index in [1.807, 2.05) is 0 Å². The second-order valence-electron chi connectivity index (χ2n) is 5.13. The van der Waals surface area contributed by atoms with E-state index in [0.29, 0.717) is 6.04 Å². The van der Waals surface area contributed by atoms with Crippen molar-refractivity contribution in [1.82, 2.24) is 5.32 Å². The molecule has 0 saturated carbocycles. The standard InChI is InChI=1S/C11H25N/c1-7-10(8-9(2)3)12-11(4,5)6/h9-10,12H,7-8H2,1-6H3. The lowest BCUT2D eigenvalue weighted by molar-refractivity contribution is 0.315. The highest BCUT2D eigenvalue weighted by molar-refractivity contribution is 4.77. The Balaban J connectivity index is 3.83. The van der Waals surface area contributed by atoms with Crippen molar-refractivity contribution >= 4 is 0 Å². The highest BCUT2D eigenvalue weighted by Crippen LogP contribution is 2.11. The van der Waals surface area contributed by atoms with Gasteiger partial charge in [-0.05, 0) is 39.5 Å². The monoisotopic (exact) mass is 171 g/mol. The maximum absolute atomic E-state index is 3.64. The number of hydrogen-bond donors (Lipinski definition) is 1. The molecule has 74 valence electrons. The molecule has 0 radical (unpaired) electrons.